The first-order chi connectivity index (χ1) is 11.8. The molecular formula is C15H17F2N7O. The van der Waals surface area contributed by atoms with Crippen LogP contribution in [0.15, 0.2) is 12.4 Å². The molecule has 0 aliphatic heterocycles. The zero-order valence-electron chi connectivity index (χ0n) is 14.1. The first-order valence-electron chi connectivity index (χ1n) is 7.43. The van der Waals surface area contributed by atoms with Crippen molar-refractivity contribution in [3.05, 3.63) is 29.5 Å². The summed E-state index contributed by atoms with van der Waals surface area (Å²) in [5.41, 5.74) is 0.708. The van der Waals surface area contributed by atoms with Gasteiger partial charge in [-0.2, -0.15) is 5.10 Å². The molecular weight excluding hydrogens is 332 g/mol. The maximum absolute atomic E-state index is 13.0. The highest BCUT2D eigenvalue weighted by atomic mass is 19.3. The molecule has 0 aliphatic rings. The molecule has 10 heteroatoms. The fourth-order valence-corrected chi connectivity index (χ4v) is 2.64. The standard InChI is InChI=1S/C15H17F2N7O/c1-7-10(11(12(16)17)22-21-7)20-15(25)9-5-8-13(23(2)3)18-6-19-14(8)24(9)4/h5-6,12H,1-4H3,(H,20,25)(H,21,22). The highest BCUT2D eigenvalue weighted by Crippen LogP contribution is 2.29. The van der Waals surface area contributed by atoms with E-state index in [1.54, 1.807) is 29.5 Å². The van der Waals surface area contributed by atoms with E-state index in [4.69, 9.17) is 0 Å². The maximum Gasteiger partial charge on any atom is 0.284 e. The van der Waals surface area contributed by atoms with Gasteiger partial charge in [0, 0.05) is 21.1 Å². The average Bonchev–Trinajstić information content (AvgIpc) is 3.08. The predicted molar refractivity (Wildman–Crippen MR) is 89.1 cm³/mol. The van der Waals surface area contributed by atoms with E-state index >= 15 is 0 Å². The van der Waals surface area contributed by atoms with Crippen molar-refractivity contribution >= 4 is 28.4 Å². The largest absolute Gasteiger partial charge is 0.362 e. The number of aromatic nitrogens is 5. The summed E-state index contributed by atoms with van der Waals surface area (Å²) in [4.78, 5) is 22.8. The van der Waals surface area contributed by atoms with Crippen LogP contribution in [-0.4, -0.2) is 44.7 Å². The third-order valence-corrected chi connectivity index (χ3v) is 3.88. The number of nitrogens with one attached hydrogen (secondary N) is 2. The Hall–Kier alpha value is -3.04. The minimum atomic E-state index is -2.79. The number of rotatable bonds is 4. The molecule has 3 rings (SSSR count). The second kappa shape index (κ2) is 6.11. The lowest BCUT2D eigenvalue weighted by Crippen LogP contribution is -2.17. The lowest BCUT2D eigenvalue weighted by Gasteiger charge is -2.11. The van der Waals surface area contributed by atoms with Crippen molar-refractivity contribution in [1.82, 2.24) is 24.7 Å². The van der Waals surface area contributed by atoms with E-state index in [0.29, 0.717) is 22.5 Å². The number of carbonyl (C=O) groups is 1. The third kappa shape index (κ3) is 2.79. The van der Waals surface area contributed by atoms with Crippen LogP contribution in [-0.2, 0) is 7.05 Å². The summed E-state index contributed by atoms with van der Waals surface area (Å²) in [6.45, 7) is 1.56. The number of H-pyrrole nitrogens is 1. The summed E-state index contributed by atoms with van der Waals surface area (Å²) >= 11 is 0. The van der Waals surface area contributed by atoms with E-state index in [2.05, 4.69) is 25.5 Å². The van der Waals surface area contributed by atoms with E-state index < -0.39 is 18.0 Å². The second-order valence-corrected chi connectivity index (χ2v) is 5.78. The van der Waals surface area contributed by atoms with Crippen molar-refractivity contribution in [3.63, 3.8) is 0 Å². The van der Waals surface area contributed by atoms with E-state index in [1.165, 1.54) is 6.33 Å². The zero-order valence-corrected chi connectivity index (χ0v) is 14.1. The molecule has 8 nitrogen and oxygen atoms in total. The van der Waals surface area contributed by atoms with Crippen LogP contribution in [0.1, 0.15) is 28.3 Å². The molecule has 0 saturated heterocycles. The zero-order chi connectivity index (χ0) is 18.3. The van der Waals surface area contributed by atoms with Gasteiger partial charge in [0.05, 0.1) is 16.8 Å². The van der Waals surface area contributed by atoms with Crippen LogP contribution in [0.2, 0.25) is 0 Å². The predicted octanol–water partition coefficient (Wildman–Crippen LogP) is 2.26. The van der Waals surface area contributed by atoms with Gasteiger partial charge in [-0.05, 0) is 13.0 Å². The van der Waals surface area contributed by atoms with Gasteiger partial charge in [0.15, 0.2) is 5.69 Å². The number of anilines is 2. The number of hydrogen-bond acceptors (Lipinski definition) is 5. The molecule has 0 saturated carbocycles. The van der Waals surface area contributed by atoms with Crippen LogP contribution >= 0.6 is 0 Å². The van der Waals surface area contributed by atoms with E-state index in [9.17, 15) is 13.6 Å². The second-order valence-electron chi connectivity index (χ2n) is 5.78. The molecule has 0 spiro atoms. The Morgan fingerprint density at radius 3 is 2.72 bits per heavy atom. The molecule has 0 bridgehead atoms. The highest BCUT2D eigenvalue weighted by molar-refractivity contribution is 6.07. The third-order valence-electron chi connectivity index (χ3n) is 3.88. The van der Waals surface area contributed by atoms with Gasteiger partial charge in [-0.3, -0.25) is 9.89 Å². The average molecular weight is 349 g/mol. The van der Waals surface area contributed by atoms with E-state index in [0.717, 1.165) is 0 Å². The van der Waals surface area contributed by atoms with Crippen molar-refractivity contribution < 1.29 is 13.6 Å². The van der Waals surface area contributed by atoms with Gasteiger partial charge in [0.1, 0.15) is 23.5 Å². The van der Waals surface area contributed by atoms with Gasteiger partial charge < -0.3 is 14.8 Å². The molecule has 0 aromatic carbocycles. The monoisotopic (exact) mass is 349 g/mol. The molecule has 2 N–H and O–H groups in total. The summed E-state index contributed by atoms with van der Waals surface area (Å²) in [6.07, 6.45) is -1.38. The Kier molecular flexibility index (Phi) is 4.11. The van der Waals surface area contributed by atoms with Gasteiger partial charge in [0.2, 0.25) is 0 Å². The summed E-state index contributed by atoms with van der Waals surface area (Å²) in [5.74, 6) is 0.129. The van der Waals surface area contributed by atoms with Crippen molar-refractivity contribution in [3.8, 4) is 0 Å². The Morgan fingerprint density at radius 2 is 2.08 bits per heavy atom. The molecule has 0 aliphatic carbocycles. The molecule has 0 fully saturated rings. The molecule has 132 valence electrons. The van der Waals surface area contributed by atoms with Gasteiger partial charge in [0.25, 0.3) is 12.3 Å². The topological polar surface area (TPSA) is 91.7 Å². The van der Waals surface area contributed by atoms with E-state index in [-0.39, 0.29) is 11.4 Å². The van der Waals surface area contributed by atoms with Crippen LogP contribution in [0, 0.1) is 6.92 Å². The first-order valence-corrected chi connectivity index (χ1v) is 7.43. The number of nitrogens with zero attached hydrogens (tertiary/aromatic N) is 5. The quantitative estimate of drug-likeness (QED) is 0.754. The fourth-order valence-electron chi connectivity index (χ4n) is 2.64. The van der Waals surface area contributed by atoms with Crippen LogP contribution in [0.3, 0.4) is 0 Å². The summed E-state index contributed by atoms with van der Waals surface area (Å²) < 4.78 is 27.6. The van der Waals surface area contributed by atoms with Gasteiger partial charge >= 0.3 is 0 Å². The van der Waals surface area contributed by atoms with Gasteiger partial charge in [-0.1, -0.05) is 0 Å². The maximum atomic E-state index is 13.0. The molecule has 0 radical (unpaired) electrons. The van der Waals surface area contributed by atoms with E-state index in [1.807, 2.05) is 14.1 Å². The fraction of sp³-hybridized carbons (Fsp3) is 0.333. The molecule has 1 amide bonds. The molecule has 0 unspecified atom stereocenters. The normalized spacial score (nSPS) is 11.3. The number of carbonyl (C=O) groups excluding carboxylic acids is 1. The Labute approximate surface area is 141 Å². The molecule has 3 aromatic heterocycles. The van der Waals surface area contributed by atoms with Crippen LogP contribution in [0.5, 0.6) is 0 Å². The van der Waals surface area contributed by atoms with Crippen LogP contribution in [0.25, 0.3) is 11.0 Å². The summed E-state index contributed by atoms with van der Waals surface area (Å²) in [7, 11) is 5.34. The van der Waals surface area contributed by atoms with Crippen LogP contribution < -0.4 is 10.2 Å². The van der Waals surface area contributed by atoms with Gasteiger partial charge in [-0.25, -0.2) is 18.7 Å². The Bertz CT molecular complexity index is 945. The van der Waals surface area contributed by atoms with Gasteiger partial charge in [-0.15, -0.1) is 0 Å². The first kappa shape index (κ1) is 16.8. The number of aromatic amines is 1. The SMILES string of the molecule is Cc1[nH]nc(C(F)F)c1NC(=O)c1cc2c(N(C)C)ncnc2n1C. The number of fused-ring (bicyclic) bond motifs is 1. The highest BCUT2D eigenvalue weighted by Gasteiger charge is 2.23. The lowest BCUT2D eigenvalue weighted by atomic mass is 10.2. The van der Waals surface area contributed by atoms with Crippen LogP contribution in [0.4, 0.5) is 20.3 Å². The molecule has 0 atom stereocenters. The summed E-state index contributed by atoms with van der Waals surface area (Å²) in [6, 6.07) is 1.64. The van der Waals surface area contributed by atoms with Crippen molar-refractivity contribution in [2.45, 2.75) is 13.3 Å². The number of amides is 1. The number of aryl methyl sites for hydroxylation is 2. The molecule has 25 heavy (non-hydrogen) atoms. The Balaban J connectivity index is 2.03. The summed E-state index contributed by atoms with van der Waals surface area (Å²) in [5, 5.41) is 9.20. The Morgan fingerprint density at radius 1 is 1.36 bits per heavy atom. The molecule has 3 aromatic rings. The van der Waals surface area contributed by atoms with Crippen molar-refractivity contribution in [2.75, 3.05) is 24.3 Å². The van der Waals surface area contributed by atoms with Crippen molar-refractivity contribution in [2.24, 2.45) is 7.05 Å². The lowest BCUT2D eigenvalue weighted by molar-refractivity contribution is 0.101. The minimum Gasteiger partial charge on any atom is -0.362 e. The number of halogens is 2. The number of alkyl halides is 2. The molecule has 3 heterocycles. The minimum absolute atomic E-state index is 0.0100. The smallest absolute Gasteiger partial charge is 0.284 e. The van der Waals surface area contributed by atoms with Crippen molar-refractivity contribution in [1.29, 1.82) is 0 Å². The number of hydrogen-bond donors (Lipinski definition) is 2.